The first-order chi connectivity index (χ1) is 11.9. The summed E-state index contributed by atoms with van der Waals surface area (Å²) in [7, 11) is 0. The third-order valence-corrected chi connectivity index (χ3v) is 3.80. The van der Waals surface area contributed by atoms with Gasteiger partial charge in [0, 0.05) is 13.1 Å². The Balaban J connectivity index is 1.91. The molecule has 3 N–H and O–H groups in total. The highest BCUT2D eigenvalue weighted by Gasteiger charge is 2.32. The molecule has 3 rings (SSSR count). The first-order valence-electron chi connectivity index (χ1n) is 7.92. The van der Waals surface area contributed by atoms with Crippen molar-refractivity contribution < 1.29 is 14.1 Å². The molecule has 2 atom stereocenters. The Kier molecular flexibility index (Phi) is 4.70. The van der Waals surface area contributed by atoms with Crippen molar-refractivity contribution in [1.82, 2.24) is 9.97 Å². The van der Waals surface area contributed by atoms with Gasteiger partial charge in [-0.05, 0) is 26.0 Å². The number of morpholine rings is 1. The van der Waals surface area contributed by atoms with Gasteiger partial charge in [-0.2, -0.15) is 9.97 Å². The molecule has 0 bridgehead atoms. The number of hydrogen-bond donors (Lipinski definition) is 2. The molecule has 1 saturated heterocycles. The Bertz CT molecular complexity index is 741. The Morgan fingerprint density at radius 3 is 2.72 bits per heavy atom. The second-order valence-corrected chi connectivity index (χ2v) is 5.96. The number of ether oxygens (including phenoxy) is 1. The molecule has 0 aromatic carbocycles. The van der Waals surface area contributed by atoms with Crippen LogP contribution < -0.4 is 16.0 Å². The topological polar surface area (TPSA) is 133 Å². The molecule has 25 heavy (non-hydrogen) atoms. The van der Waals surface area contributed by atoms with Gasteiger partial charge in [0.05, 0.1) is 29.9 Å². The minimum Gasteiger partial charge on any atom is -0.467 e. The number of rotatable bonds is 5. The van der Waals surface area contributed by atoms with Crippen LogP contribution in [-0.4, -0.2) is 40.2 Å². The fourth-order valence-corrected chi connectivity index (χ4v) is 2.86. The number of nitrogens with one attached hydrogen (secondary N) is 1. The number of nitrogen functional groups attached to an aromatic ring is 1. The molecule has 0 spiro atoms. The maximum absolute atomic E-state index is 11.5. The van der Waals surface area contributed by atoms with E-state index in [1.54, 1.807) is 18.4 Å². The summed E-state index contributed by atoms with van der Waals surface area (Å²) in [6, 6.07) is 3.57. The van der Waals surface area contributed by atoms with Crippen LogP contribution in [0.4, 0.5) is 23.3 Å². The smallest absolute Gasteiger partial charge is 0.353 e. The summed E-state index contributed by atoms with van der Waals surface area (Å²) in [5, 5.41) is 14.4. The van der Waals surface area contributed by atoms with Crippen LogP contribution in [0.5, 0.6) is 0 Å². The van der Waals surface area contributed by atoms with E-state index in [9.17, 15) is 10.1 Å². The molecule has 134 valence electrons. The third-order valence-electron chi connectivity index (χ3n) is 3.80. The van der Waals surface area contributed by atoms with Crippen LogP contribution >= 0.6 is 0 Å². The highest BCUT2D eigenvalue weighted by atomic mass is 16.6. The molecule has 2 aromatic heterocycles. The van der Waals surface area contributed by atoms with E-state index >= 15 is 0 Å². The summed E-state index contributed by atoms with van der Waals surface area (Å²) < 4.78 is 10.9. The molecule has 3 heterocycles. The van der Waals surface area contributed by atoms with E-state index < -0.39 is 4.92 Å². The molecule has 0 aliphatic carbocycles. The van der Waals surface area contributed by atoms with E-state index in [1.165, 1.54) is 0 Å². The first kappa shape index (κ1) is 17.0. The number of hydrogen-bond acceptors (Lipinski definition) is 9. The van der Waals surface area contributed by atoms with Gasteiger partial charge in [-0.1, -0.05) is 0 Å². The van der Waals surface area contributed by atoms with E-state index in [2.05, 4.69) is 15.3 Å². The third kappa shape index (κ3) is 3.79. The quantitative estimate of drug-likeness (QED) is 0.612. The lowest BCUT2D eigenvalue weighted by atomic mass is 10.2. The summed E-state index contributed by atoms with van der Waals surface area (Å²) in [4.78, 5) is 21.1. The minimum atomic E-state index is -0.550. The maximum Gasteiger partial charge on any atom is 0.353 e. The number of furan rings is 1. The van der Waals surface area contributed by atoms with Gasteiger partial charge in [0.2, 0.25) is 17.6 Å². The second kappa shape index (κ2) is 6.93. The van der Waals surface area contributed by atoms with Crippen molar-refractivity contribution >= 4 is 23.3 Å². The summed E-state index contributed by atoms with van der Waals surface area (Å²) in [6.07, 6.45) is 1.42. The van der Waals surface area contributed by atoms with E-state index in [4.69, 9.17) is 14.9 Å². The van der Waals surface area contributed by atoms with Crippen molar-refractivity contribution in [1.29, 1.82) is 0 Å². The molecule has 0 radical (unpaired) electrons. The highest BCUT2D eigenvalue weighted by molar-refractivity contribution is 5.71. The molecule has 1 aliphatic rings. The van der Waals surface area contributed by atoms with Gasteiger partial charge in [-0.3, -0.25) is 10.1 Å². The highest BCUT2D eigenvalue weighted by Crippen LogP contribution is 2.33. The van der Waals surface area contributed by atoms with Gasteiger partial charge in [0.1, 0.15) is 5.76 Å². The fraction of sp³-hybridized carbons (Fsp3) is 0.467. The molecule has 0 saturated carbocycles. The van der Waals surface area contributed by atoms with Gasteiger partial charge in [-0.15, -0.1) is 0 Å². The Morgan fingerprint density at radius 1 is 1.40 bits per heavy atom. The van der Waals surface area contributed by atoms with E-state index in [-0.39, 0.29) is 35.5 Å². The van der Waals surface area contributed by atoms with Gasteiger partial charge >= 0.3 is 5.69 Å². The molecule has 0 unspecified atom stereocenters. The van der Waals surface area contributed by atoms with Crippen LogP contribution in [0.25, 0.3) is 0 Å². The van der Waals surface area contributed by atoms with Crippen LogP contribution in [-0.2, 0) is 11.3 Å². The SMILES string of the molecule is C[C@H]1CN(c2nc(NCc3ccco3)nc(N)c2[N+](=O)[O-])C[C@H](C)O1. The predicted molar refractivity (Wildman–Crippen MR) is 91.4 cm³/mol. The first-order valence-corrected chi connectivity index (χ1v) is 7.92. The summed E-state index contributed by atoms with van der Waals surface area (Å²) in [5.74, 6) is 0.919. The molecular weight excluding hydrogens is 328 g/mol. The zero-order valence-electron chi connectivity index (χ0n) is 14.0. The lowest BCUT2D eigenvalue weighted by molar-refractivity contribution is -0.383. The van der Waals surface area contributed by atoms with Gasteiger partial charge < -0.3 is 25.1 Å². The molecule has 1 fully saturated rings. The molecular formula is C15H20N6O4. The number of nitrogens with two attached hydrogens (primary N) is 1. The lowest BCUT2D eigenvalue weighted by Crippen LogP contribution is -2.46. The van der Waals surface area contributed by atoms with Crippen molar-refractivity contribution in [3.8, 4) is 0 Å². The van der Waals surface area contributed by atoms with Crippen LogP contribution in [0.15, 0.2) is 22.8 Å². The average molecular weight is 348 g/mol. The second-order valence-electron chi connectivity index (χ2n) is 5.96. The lowest BCUT2D eigenvalue weighted by Gasteiger charge is -2.35. The zero-order valence-corrected chi connectivity index (χ0v) is 14.0. The molecule has 10 nitrogen and oxygen atoms in total. The van der Waals surface area contributed by atoms with Gasteiger partial charge in [-0.25, -0.2) is 0 Å². The normalized spacial score (nSPS) is 20.5. The molecule has 2 aromatic rings. The summed E-state index contributed by atoms with van der Waals surface area (Å²) in [6.45, 7) is 5.14. The van der Waals surface area contributed by atoms with Crippen molar-refractivity contribution in [2.45, 2.75) is 32.6 Å². The number of anilines is 3. The van der Waals surface area contributed by atoms with Crippen molar-refractivity contribution in [3.63, 3.8) is 0 Å². The van der Waals surface area contributed by atoms with Gasteiger partial charge in [0.15, 0.2) is 0 Å². The summed E-state index contributed by atoms with van der Waals surface area (Å²) in [5.41, 5.74) is 5.55. The maximum atomic E-state index is 11.5. The Labute approximate surface area is 144 Å². The van der Waals surface area contributed by atoms with Crippen LogP contribution in [0, 0.1) is 10.1 Å². The Hall–Kier alpha value is -2.88. The number of aromatic nitrogens is 2. The van der Waals surface area contributed by atoms with E-state index in [1.807, 2.05) is 18.7 Å². The van der Waals surface area contributed by atoms with Crippen LogP contribution in [0.1, 0.15) is 19.6 Å². The predicted octanol–water partition coefficient (Wildman–Crippen LogP) is 1.79. The molecule has 0 amide bonds. The largest absolute Gasteiger partial charge is 0.467 e. The van der Waals surface area contributed by atoms with E-state index in [0.29, 0.717) is 25.4 Å². The average Bonchev–Trinajstić information content (AvgIpc) is 3.04. The van der Waals surface area contributed by atoms with E-state index in [0.717, 1.165) is 0 Å². The zero-order chi connectivity index (χ0) is 18.0. The van der Waals surface area contributed by atoms with Crippen molar-refractivity contribution in [3.05, 3.63) is 34.3 Å². The standard InChI is InChI=1S/C15H20N6O4/c1-9-7-20(8-10(2)25-9)14-12(21(22)23)13(16)18-15(19-14)17-6-11-4-3-5-24-11/h3-5,9-10H,6-8H2,1-2H3,(H3,16,17,18,19)/t9-,10-/m0/s1. The molecule has 10 heteroatoms. The monoisotopic (exact) mass is 348 g/mol. The fourth-order valence-electron chi connectivity index (χ4n) is 2.86. The van der Waals surface area contributed by atoms with Crippen LogP contribution in [0.3, 0.4) is 0 Å². The summed E-state index contributed by atoms with van der Waals surface area (Å²) >= 11 is 0. The van der Waals surface area contributed by atoms with Gasteiger partial charge in [0.25, 0.3) is 0 Å². The number of nitro groups is 1. The number of nitrogens with zero attached hydrogens (tertiary/aromatic N) is 4. The van der Waals surface area contributed by atoms with Crippen LogP contribution in [0.2, 0.25) is 0 Å². The molecule has 1 aliphatic heterocycles. The minimum absolute atomic E-state index is 0.0703. The Morgan fingerprint density at radius 2 is 2.12 bits per heavy atom. The van der Waals surface area contributed by atoms with Crippen molar-refractivity contribution in [2.75, 3.05) is 29.0 Å². The van der Waals surface area contributed by atoms with Crippen molar-refractivity contribution in [2.24, 2.45) is 0 Å².